The Labute approximate surface area is 206 Å². The SMILES string of the molecule is NC1(C(=O)Oc2cccc(C3CCN(Cc4cn(Cc5ccccn5)nn4)CC3)c2)CCCCC1. The van der Waals surface area contributed by atoms with Gasteiger partial charge in [-0.3, -0.25) is 9.88 Å². The van der Waals surface area contributed by atoms with Gasteiger partial charge >= 0.3 is 5.97 Å². The van der Waals surface area contributed by atoms with Crippen LogP contribution in [-0.2, 0) is 17.9 Å². The van der Waals surface area contributed by atoms with E-state index in [0.29, 0.717) is 31.1 Å². The van der Waals surface area contributed by atoms with E-state index in [1.807, 2.05) is 47.3 Å². The van der Waals surface area contributed by atoms with Crippen LogP contribution < -0.4 is 10.5 Å². The second kappa shape index (κ2) is 10.7. The Kier molecular flexibility index (Phi) is 7.20. The summed E-state index contributed by atoms with van der Waals surface area (Å²) in [5, 5.41) is 8.61. The van der Waals surface area contributed by atoms with Gasteiger partial charge in [-0.05, 0) is 74.5 Å². The van der Waals surface area contributed by atoms with Crippen molar-refractivity contribution in [1.82, 2.24) is 24.9 Å². The monoisotopic (exact) mass is 474 g/mol. The minimum atomic E-state index is -0.834. The van der Waals surface area contributed by atoms with Crippen LogP contribution >= 0.6 is 0 Å². The molecule has 0 atom stereocenters. The molecule has 2 fully saturated rings. The summed E-state index contributed by atoms with van der Waals surface area (Å²) in [5.74, 6) is 0.765. The van der Waals surface area contributed by atoms with Crippen molar-refractivity contribution in [3.8, 4) is 5.75 Å². The van der Waals surface area contributed by atoms with Gasteiger partial charge in [0.15, 0.2) is 0 Å². The highest BCUT2D eigenvalue weighted by molar-refractivity contribution is 5.82. The molecule has 0 amide bonds. The summed E-state index contributed by atoms with van der Waals surface area (Å²) in [6, 6.07) is 13.9. The lowest BCUT2D eigenvalue weighted by molar-refractivity contribution is -0.141. The highest BCUT2D eigenvalue weighted by Crippen LogP contribution is 2.32. The van der Waals surface area contributed by atoms with Crippen LogP contribution in [0.4, 0.5) is 0 Å². The van der Waals surface area contributed by atoms with Crippen molar-refractivity contribution in [3.63, 3.8) is 0 Å². The first-order valence-electron chi connectivity index (χ1n) is 12.7. The molecule has 1 aromatic carbocycles. The molecule has 1 saturated carbocycles. The average molecular weight is 475 g/mol. The number of esters is 1. The van der Waals surface area contributed by atoms with Gasteiger partial charge in [0.1, 0.15) is 11.3 Å². The lowest BCUT2D eigenvalue weighted by Crippen LogP contribution is -2.51. The van der Waals surface area contributed by atoms with Gasteiger partial charge in [-0.1, -0.05) is 42.7 Å². The molecule has 5 rings (SSSR count). The van der Waals surface area contributed by atoms with Gasteiger partial charge < -0.3 is 10.5 Å². The molecule has 0 spiro atoms. The van der Waals surface area contributed by atoms with Crippen LogP contribution in [0.1, 0.15) is 67.8 Å². The van der Waals surface area contributed by atoms with E-state index in [1.165, 1.54) is 5.56 Å². The maximum absolute atomic E-state index is 12.7. The third-order valence-corrected chi connectivity index (χ3v) is 7.30. The van der Waals surface area contributed by atoms with Gasteiger partial charge in [-0.25, -0.2) is 9.48 Å². The molecular formula is C27H34N6O2. The van der Waals surface area contributed by atoms with Gasteiger partial charge in [0, 0.05) is 12.7 Å². The number of hydrogen-bond acceptors (Lipinski definition) is 7. The second-order valence-corrected chi connectivity index (χ2v) is 9.96. The predicted octanol–water partition coefficient (Wildman–Crippen LogP) is 3.67. The quantitative estimate of drug-likeness (QED) is 0.412. The number of benzene rings is 1. The number of nitrogens with zero attached hydrogens (tertiary/aromatic N) is 5. The maximum Gasteiger partial charge on any atom is 0.331 e. The van der Waals surface area contributed by atoms with Crippen molar-refractivity contribution in [1.29, 1.82) is 0 Å². The van der Waals surface area contributed by atoms with E-state index in [4.69, 9.17) is 10.5 Å². The summed E-state index contributed by atoms with van der Waals surface area (Å²) in [4.78, 5) is 19.5. The van der Waals surface area contributed by atoms with Crippen molar-refractivity contribution in [2.45, 2.75) is 69.5 Å². The molecule has 8 nitrogen and oxygen atoms in total. The minimum absolute atomic E-state index is 0.291. The number of hydrogen-bond donors (Lipinski definition) is 1. The number of carbonyl (C=O) groups is 1. The van der Waals surface area contributed by atoms with Gasteiger partial charge in [-0.15, -0.1) is 5.10 Å². The Morgan fingerprint density at radius 1 is 1.03 bits per heavy atom. The minimum Gasteiger partial charge on any atom is -0.425 e. The molecule has 0 bridgehead atoms. The molecule has 3 heterocycles. The smallest absolute Gasteiger partial charge is 0.331 e. The van der Waals surface area contributed by atoms with E-state index in [9.17, 15) is 4.79 Å². The molecule has 184 valence electrons. The molecule has 2 N–H and O–H groups in total. The molecule has 1 aliphatic carbocycles. The van der Waals surface area contributed by atoms with Crippen molar-refractivity contribution in [2.75, 3.05) is 13.1 Å². The average Bonchev–Trinajstić information content (AvgIpc) is 3.32. The van der Waals surface area contributed by atoms with Gasteiger partial charge in [0.25, 0.3) is 0 Å². The third-order valence-electron chi connectivity index (χ3n) is 7.30. The van der Waals surface area contributed by atoms with Crippen LogP contribution in [0, 0.1) is 0 Å². The zero-order valence-electron chi connectivity index (χ0n) is 20.2. The van der Waals surface area contributed by atoms with E-state index in [0.717, 1.165) is 63.1 Å². The van der Waals surface area contributed by atoms with E-state index < -0.39 is 5.54 Å². The molecule has 8 heteroatoms. The van der Waals surface area contributed by atoms with Crippen LogP contribution in [-0.4, -0.2) is 49.5 Å². The molecule has 1 aliphatic heterocycles. The summed E-state index contributed by atoms with van der Waals surface area (Å²) < 4.78 is 7.58. The van der Waals surface area contributed by atoms with Crippen molar-refractivity contribution in [3.05, 3.63) is 71.8 Å². The maximum atomic E-state index is 12.7. The molecule has 3 aromatic rings. The molecule has 35 heavy (non-hydrogen) atoms. The van der Waals surface area contributed by atoms with Gasteiger partial charge in [0.05, 0.1) is 24.1 Å². The van der Waals surface area contributed by atoms with Crippen molar-refractivity contribution < 1.29 is 9.53 Å². The molecule has 2 aromatic heterocycles. The number of rotatable bonds is 7. The number of piperidine rings is 1. The fourth-order valence-corrected chi connectivity index (χ4v) is 5.23. The fraction of sp³-hybridized carbons (Fsp3) is 0.481. The normalized spacial score (nSPS) is 18.9. The van der Waals surface area contributed by atoms with E-state index >= 15 is 0 Å². The largest absolute Gasteiger partial charge is 0.425 e. The summed E-state index contributed by atoms with van der Waals surface area (Å²) in [5.41, 5.74) is 8.70. The van der Waals surface area contributed by atoms with Crippen molar-refractivity contribution >= 4 is 5.97 Å². The molecule has 0 unspecified atom stereocenters. The van der Waals surface area contributed by atoms with Crippen LogP contribution in [0.5, 0.6) is 5.75 Å². The Morgan fingerprint density at radius 3 is 2.63 bits per heavy atom. The summed E-state index contributed by atoms with van der Waals surface area (Å²) in [6.07, 6.45) is 10.5. The first kappa shape index (κ1) is 23.6. The number of ether oxygens (including phenoxy) is 1. The summed E-state index contributed by atoms with van der Waals surface area (Å²) >= 11 is 0. The molecule has 2 aliphatic rings. The second-order valence-electron chi connectivity index (χ2n) is 9.96. The molecular weight excluding hydrogens is 440 g/mol. The first-order chi connectivity index (χ1) is 17.1. The number of likely N-dealkylation sites (tertiary alicyclic amines) is 1. The van der Waals surface area contributed by atoms with Crippen LogP contribution in [0.15, 0.2) is 54.9 Å². The van der Waals surface area contributed by atoms with E-state index in [-0.39, 0.29) is 5.97 Å². The molecule has 1 saturated heterocycles. The van der Waals surface area contributed by atoms with Gasteiger partial charge in [-0.2, -0.15) is 0 Å². The summed E-state index contributed by atoms with van der Waals surface area (Å²) in [7, 11) is 0. The zero-order chi connectivity index (χ0) is 24.1. The van der Waals surface area contributed by atoms with Gasteiger partial charge in [0.2, 0.25) is 0 Å². The standard InChI is InChI=1S/C27H34N6O2/c28-27(12-3-1-4-13-27)26(34)35-25-9-6-7-22(17-25)21-10-15-32(16-11-21)18-24-20-33(31-30-24)19-23-8-2-5-14-29-23/h2,5-9,14,17,20-21H,1,3-4,10-13,15-16,18-19,28H2. The Morgan fingerprint density at radius 2 is 1.86 bits per heavy atom. The predicted molar refractivity (Wildman–Crippen MR) is 133 cm³/mol. The number of carbonyl (C=O) groups excluding carboxylic acids is 1. The lowest BCUT2D eigenvalue weighted by Gasteiger charge is -2.32. The topological polar surface area (TPSA) is 99.2 Å². The fourth-order valence-electron chi connectivity index (χ4n) is 5.23. The van der Waals surface area contributed by atoms with Crippen molar-refractivity contribution in [2.24, 2.45) is 5.73 Å². The molecule has 0 radical (unpaired) electrons. The first-order valence-corrected chi connectivity index (χ1v) is 12.7. The zero-order valence-corrected chi connectivity index (χ0v) is 20.2. The van der Waals surface area contributed by atoms with E-state index in [2.05, 4.69) is 26.3 Å². The highest BCUT2D eigenvalue weighted by Gasteiger charge is 2.37. The Balaban J connectivity index is 1.13. The lowest BCUT2D eigenvalue weighted by atomic mass is 9.83. The number of nitrogens with two attached hydrogens (primary N) is 1. The Hall–Kier alpha value is -3.10. The third kappa shape index (κ3) is 5.94. The number of aromatic nitrogens is 4. The van der Waals surface area contributed by atoms with Crippen LogP contribution in [0.3, 0.4) is 0 Å². The highest BCUT2D eigenvalue weighted by atomic mass is 16.5. The Bertz CT molecular complexity index is 1120. The van der Waals surface area contributed by atoms with E-state index in [1.54, 1.807) is 6.20 Å². The number of pyridine rings is 1. The van der Waals surface area contributed by atoms with Crippen LogP contribution in [0.2, 0.25) is 0 Å². The summed E-state index contributed by atoms with van der Waals surface area (Å²) in [6.45, 7) is 3.41. The van der Waals surface area contributed by atoms with Crippen LogP contribution in [0.25, 0.3) is 0 Å².